The normalized spacial score (nSPS) is 14.0. The van der Waals surface area contributed by atoms with Crippen molar-refractivity contribution in [1.82, 2.24) is 35.7 Å². The molecule has 0 saturated carbocycles. The Hall–Kier alpha value is -4.18. The Balaban J connectivity index is 1.75. The summed E-state index contributed by atoms with van der Waals surface area (Å²) in [7, 11) is 3.28. The van der Waals surface area contributed by atoms with Gasteiger partial charge in [-0.15, -0.1) is 0 Å². The fraction of sp³-hybridized carbons (Fsp3) is 0.424. The van der Waals surface area contributed by atoms with Crippen LogP contribution in [-0.4, -0.2) is 50.6 Å². The number of nitrogens with zero attached hydrogens (tertiary/aromatic N) is 3. The van der Waals surface area contributed by atoms with Gasteiger partial charge in [-0.2, -0.15) is 5.10 Å². The zero-order chi connectivity index (χ0) is 32.3. The van der Waals surface area contributed by atoms with Gasteiger partial charge < -0.3 is 20.9 Å². The summed E-state index contributed by atoms with van der Waals surface area (Å²) in [6.45, 7) is 11.6. The molecule has 11 heteroatoms. The third-order valence-electron chi connectivity index (χ3n) is 8.25. The molecule has 2 aromatic carbocycles. The SMILES string of the molecule is CNC(=O)[C@H](NC(=O)C(C)(C)c1ccc2nc(C(NC(=O)c3ccnn3C)C(c3ccccc3Cl)C(C)C)[nH]c2c1)C(C)C. The average Bonchev–Trinajstić information content (AvgIpc) is 3.61. The van der Waals surface area contributed by atoms with Crippen molar-refractivity contribution in [2.75, 3.05) is 7.05 Å². The van der Waals surface area contributed by atoms with E-state index in [1.165, 1.54) is 4.68 Å². The molecule has 4 rings (SSSR count). The third-order valence-corrected chi connectivity index (χ3v) is 8.59. The number of aromatic nitrogens is 4. The number of benzene rings is 2. The van der Waals surface area contributed by atoms with Crippen LogP contribution in [0.1, 0.15) is 80.9 Å². The second kappa shape index (κ2) is 13.2. The molecule has 0 aliphatic heterocycles. The molecule has 4 aromatic rings. The number of rotatable bonds is 11. The highest BCUT2D eigenvalue weighted by Crippen LogP contribution is 2.40. The zero-order valence-corrected chi connectivity index (χ0v) is 27.3. The molecule has 0 aliphatic rings. The van der Waals surface area contributed by atoms with Crippen molar-refractivity contribution in [3.05, 3.63) is 82.4 Å². The van der Waals surface area contributed by atoms with Gasteiger partial charge in [0.05, 0.1) is 22.5 Å². The van der Waals surface area contributed by atoms with E-state index in [0.717, 1.165) is 11.1 Å². The van der Waals surface area contributed by atoms with Gasteiger partial charge in [0.25, 0.3) is 5.91 Å². The first-order chi connectivity index (χ1) is 20.8. The number of hydrogen-bond donors (Lipinski definition) is 4. The predicted molar refractivity (Wildman–Crippen MR) is 172 cm³/mol. The minimum atomic E-state index is -0.953. The van der Waals surface area contributed by atoms with Crippen molar-refractivity contribution in [1.29, 1.82) is 0 Å². The van der Waals surface area contributed by atoms with Crippen molar-refractivity contribution >= 4 is 40.4 Å². The van der Waals surface area contributed by atoms with Crippen LogP contribution in [0.15, 0.2) is 54.7 Å². The van der Waals surface area contributed by atoms with E-state index >= 15 is 0 Å². The van der Waals surface area contributed by atoms with Crippen LogP contribution >= 0.6 is 11.6 Å². The van der Waals surface area contributed by atoms with Crippen LogP contribution in [-0.2, 0) is 22.1 Å². The highest BCUT2D eigenvalue weighted by atomic mass is 35.5. The minimum absolute atomic E-state index is 0.0763. The van der Waals surface area contributed by atoms with Crippen LogP contribution in [0.25, 0.3) is 11.0 Å². The van der Waals surface area contributed by atoms with Crippen LogP contribution in [0.2, 0.25) is 5.02 Å². The van der Waals surface area contributed by atoms with Crippen LogP contribution in [0.5, 0.6) is 0 Å². The van der Waals surface area contributed by atoms with E-state index in [1.54, 1.807) is 26.4 Å². The van der Waals surface area contributed by atoms with Gasteiger partial charge in [-0.25, -0.2) is 4.98 Å². The molecular weight excluding hydrogens is 578 g/mol. The first-order valence-corrected chi connectivity index (χ1v) is 15.2. The minimum Gasteiger partial charge on any atom is -0.357 e. The second-order valence-electron chi connectivity index (χ2n) is 12.4. The fourth-order valence-corrected chi connectivity index (χ4v) is 5.78. The quantitative estimate of drug-likeness (QED) is 0.187. The highest BCUT2D eigenvalue weighted by molar-refractivity contribution is 6.31. The number of aryl methyl sites for hydroxylation is 1. The van der Waals surface area contributed by atoms with E-state index in [2.05, 4.69) is 39.9 Å². The lowest BCUT2D eigenvalue weighted by molar-refractivity contribution is -0.132. The number of H-pyrrole nitrogens is 1. The lowest BCUT2D eigenvalue weighted by Gasteiger charge is -2.31. The largest absolute Gasteiger partial charge is 0.357 e. The average molecular weight is 620 g/mol. The first kappa shape index (κ1) is 32.7. The molecule has 44 heavy (non-hydrogen) atoms. The third kappa shape index (κ3) is 6.65. The van der Waals surface area contributed by atoms with E-state index in [0.29, 0.717) is 27.6 Å². The summed E-state index contributed by atoms with van der Waals surface area (Å²) in [5.74, 6) is -0.462. The van der Waals surface area contributed by atoms with E-state index < -0.39 is 17.5 Å². The molecule has 2 heterocycles. The van der Waals surface area contributed by atoms with Crippen molar-refractivity contribution in [3.63, 3.8) is 0 Å². The number of amides is 3. The lowest BCUT2D eigenvalue weighted by atomic mass is 9.81. The topological polar surface area (TPSA) is 134 Å². The molecule has 2 aromatic heterocycles. The molecule has 0 saturated heterocycles. The molecule has 3 atom stereocenters. The molecular formula is C33H42ClN7O3. The molecule has 0 radical (unpaired) electrons. The van der Waals surface area contributed by atoms with Gasteiger partial charge in [-0.05, 0) is 61.1 Å². The number of carbonyl (C=O) groups excluding carboxylic acids is 3. The molecule has 4 N–H and O–H groups in total. The van der Waals surface area contributed by atoms with Gasteiger partial charge in [0.1, 0.15) is 17.6 Å². The van der Waals surface area contributed by atoms with Gasteiger partial charge in [0.15, 0.2) is 0 Å². The van der Waals surface area contributed by atoms with Gasteiger partial charge in [0.2, 0.25) is 11.8 Å². The van der Waals surface area contributed by atoms with E-state index in [9.17, 15) is 14.4 Å². The lowest BCUT2D eigenvalue weighted by Crippen LogP contribution is -2.53. The number of hydrogen-bond acceptors (Lipinski definition) is 5. The number of nitrogens with one attached hydrogen (secondary N) is 4. The van der Waals surface area contributed by atoms with Gasteiger partial charge in [0, 0.05) is 31.2 Å². The molecule has 3 amide bonds. The Morgan fingerprint density at radius 2 is 1.68 bits per heavy atom. The summed E-state index contributed by atoms with van der Waals surface area (Å²) in [6.07, 6.45) is 1.58. The van der Waals surface area contributed by atoms with Crippen molar-refractivity contribution < 1.29 is 14.4 Å². The Bertz CT molecular complexity index is 1660. The van der Waals surface area contributed by atoms with Gasteiger partial charge in [-0.3, -0.25) is 19.1 Å². The van der Waals surface area contributed by atoms with Crippen molar-refractivity contribution in [2.24, 2.45) is 18.9 Å². The predicted octanol–water partition coefficient (Wildman–Crippen LogP) is 5.03. The fourth-order valence-electron chi connectivity index (χ4n) is 5.52. The van der Waals surface area contributed by atoms with Crippen molar-refractivity contribution in [2.45, 2.75) is 65.0 Å². The summed E-state index contributed by atoms with van der Waals surface area (Å²) >= 11 is 6.70. The number of imidazole rings is 1. The molecule has 0 fully saturated rings. The molecule has 0 bridgehead atoms. The molecule has 2 unspecified atom stereocenters. The monoisotopic (exact) mass is 619 g/mol. The summed E-state index contributed by atoms with van der Waals surface area (Å²) in [4.78, 5) is 47.8. The molecule has 234 valence electrons. The number of fused-ring (bicyclic) bond motifs is 1. The Labute approximate surface area is 263 Å². The van der Waals surface area contributed by atoms with E-state index in [4.69, 9.17) is 16.6 Å². The van der Waals surface area contributed by atoms with Crippen LogP contribution in [0.4, 0.5) is 0 Å². The van der Waals surface area contributed by atoms with Crippen LogP contribution < -0.4 is 16.0 Å². The number of aromatic amines is 1. The van der Waals surface area contributed by atoms with Crippen LogP contribution in [0, 0.1) is 11.8 Å². The van der Waals surface area contributed by atoms with Gasteiger partial charge >= 0.3 is 0 Å². The molecule has 0 aliphatic carbocycles. The number of halogens is 1. The number of likely N-dealkylation sites (N-methyl/N-ethyl adjacent to an activating group) is 1. The van der Waals surface area contributed by atoms with E-state index in [-0.39, 0.29) is 35.5 Å². The smallest absolute Gasteiger partial charge is 0.270 e. The summed E-state index contributed by atoms with van der Waals surface area (Å²) < 4.78 is 1.53. The Morgan fingerprint density at radius 1 is 0.977 bits per heavy atom. The summed E-state index contributed by atoms with van der Waals surface area (Å²) in [5.41, 5.74) is 2.51. The second-order valence-corrected chi connectivity index (χ2v) is 12.8. The van der Waals surface area contributed by atoms with Crippen molar-refractivity contribution in [3.8, 4) is 0 Å². The summed E-state index contributed by atoms with van der Waals surface area (Å²) in [6, 6.07) is 13.7. The first-order valence-electron chi connectivity index (χ1n) is 14.8. The maximum absolute atomic E-state index is 13.5. The molecule has 10 nitrogen and oxygen atoms in total. The maximum atomic E-state index is 13.5. The van der Waals surface area contributed by atoms with Crippen LogP contribution in [0.3, 0.4) is 0 Å². The zero-order valence-electron chi connectivity index (χ0n) is 26.5. The maximum Gasteiger partial charge on any atom is 0.270 e. The van der Waals surface area contributed by atoms with E-state index in [1.807, 2.05) is 70.2 Å². The molecule has 0 spiro atoms. The summed E-state index contributed by atoms with van der Waals surface area (Å²) in [5, 5.41) is 13.5. The van der Waals surface area contributed by atoms with Gasteiger partial charge in [-0.1, -0.05) is 63.6 Å². The highest BCUT2D eigenvalue weighted by Gasteiger charge is 2.36. The Kier molecular flexibility index (Phi) is 9.83. The standard InChI is InChI=1S/C33H42ClN7O3/c1-18(2)26(21-11-9-10-12-22(21)34)28(39-30(42)25-15-16-36-41(25)8)29-37-23-14-13-20(17-24(23)38-29)33(5,6)32(44)40-27(19(3)4)31(43)35-7/h9-19,26-28H,1-8H3,(H,35,43)(H,37,38)(H,39,42)(H,40,44)/t26?,27-,28?/m1/s1. The Morgan fingerprint density at radius 3 is 2.27 bits per heavy atom. The number of carbonyl (C=O) groups is 3.